The number of carbonyl (C=O) groups excluding carboxylic acids is 1. The van der Waals surface area contributed by atoms with Crippen LogP contribution in [0.4, 0.5) is 0 Å². The minimum absolute atomic E-state index is 0.0142. The number of amides is 1. The predicted molar refractivity (Wildman–Crippen MR) is 105 cm³/mol. The Kier molecular flexibility index (Phi) is 5.94. The predicted octanol–water partition coefficient (Wildman–Crippen LogP) is 2.31. The fraction of sp³-hybridized carbons (Fsp3) is 0.381. The molecule has 7 nitrogen and oxygen atoms in total. The van der Waals surface area contributed by atoms with Gasteiger partial charge in [0, 0.05) is 25.8 Å². The number of fused-ring (bicyclic) bond motifs is 1. The number of ether oxygens (including phenoxy) is 2. The van der Waals surface area contributed by atoms with Crippen molar-refractivity contribution >= 4 is 16.9 Å². The molecule has 0 aliphatic carbocycles. The molecular weight excluding hydrogens is 356 g/mol. The van der Waals surface area contributed by atoms with Gasteiger partial charge in [0.25, 0.3) is 0 Å². The normalized spacial score (nSPS) is 19.6. The van der Waals surface area contributed by atoms with Crippen LogP contribution in [-0.4, -0.2) is 45.8 Å². The highest BCUT2D eigenvalue weighted by Crippen LogP contribution is 2.15. The van der Waals surface area contributed by atoms with Crippen molar-refractivity contribution in [2.24, 2.45) is 0 Å². The van der Waals surface area contributed by atoms with E-state index < -0.39 is 0 Å². The van der Waals surface area contributed by atoms with Gasteiger partial charge in [-0.15, -0.1) is 0 Å². The molecule has 0 bridgehead atoms. The summed E-state index contributed by atoms with van der Waals surface area (Å²) in [5.74, 6) is -0.0142. The van der Waals surface area contributed by atoms with E-state index in [1.807, 2.05) is 47.0 Å². The van der Waals surface area contributed by atoms with E-state index in [-0.39, 0.29) is 18.1 Å². The molecular formula is C21H24N4O3. The summed E-state index contributed by atoms with van der Waals surface area (Å²) in [6.07, 6.45) is 4.59. The first-order chi connectivity index (χ1) is 13.8. The Morgan fingerprint density at radius 1 is 1.21 bits per heavy atom. The van der Waals surface area contributed by atoms with Gasteiger partial charge < -0.3 is 19.4 Å². The van der Waals surface area contributed by atoms with Gasteiger partial charge in [0.05, 0.1) is 48.4 Å². The van der Waals surface area contributed by atoms with Gasteiger partial charge in [-0.25, -0.2) is 4.98 Å². The lowest BCUT2D eigenvalue weighted by atomic mass is 10.1. The van der Waals surface area contributed by atoms with Crippen molar-refractivity contribution in [2.75, 3.05) is 13.2 Å². The number of rotatable bonds is 7. The molecule has 146 valence electrons. The number of imidazole rings is 1. The molecule has 3 aromatic rings. The monoisotopic (exact) mass is 380 g/mol. The van der Waals surface area contributed by atoms with E-state index in [1.54, 1.807) is 12.5 Å². The van der Waals surface area contributed by atoms with E-state index >= 15 is 0 Å². The number of nitrogens with one attached hydrogen (secondary N) is 1. The van der Waals surface area contributed by atoms with Gasteiger partial charge >= 0.3 is 0 Å². The molecule has 7 heteroatoms. The number of carbonyl (C=O) groups is 1. The minimum atomic E-state index is -0.149. The van der Waals surface area contributed by atoms with Gasteiger partial charge in [0.2, 0.25) is 5.91 Å². The van der Waals surface area contributed by atoms with Crippen molar-refractivity contribution in [3.8, 4) is 0 Å². The van der Waals surface area contributed by atoms with E-state index in [4.69, 9.17) is 9.47 Å². The van der Waals surface area contributed by atoms with Crippen LogP contribution >= 0.6 is 0 Å². The molecule has 2 aromatic heterocycles. The maximum absolute atomic E-state index is 12.5. The first-order valence-corrected chi connectivity index (χ1v) is 9.58. The maximum Gasteiger partial charge on any atom is 0.222 e. The van der Waals surface area contributed by atoms with Crippen molar-refractivity contribution in [1.29, 1.82) is 0 Å². The van der Waals surface area contributed by atoms with Crippen LogP contribution in [0.2, 0.25) is 0 Å². The zero-order valence-corrected chi connectivity index (χ0v) is 15.7. The van der Waals surface area contributed by atoms with Crippen LogP contribution in [0.15, 0.2) is 55.0 Å². The number of benzene rings is 1. The van der Waals surface area contributed by atoms with Crippen molar-refractivity contribution in [1.82, 2.24) is 19.9 Å². The Hall–Kier alpha value is -2.77. The van der Waals surface area contributed by atoms with E-state index in [0.717, 1.165) is 23.1 Å². The molecule has 1 amide bonds. The Labute approximate surface area is 163 Å². The van der Waals surface area contributed by atoms with Gasteiger partial charge in [0.1, 0.15) is 0 Å². The zero-order chi connectivity index (χ0) is 19.2. The molecule has 1 aromatic carbocycles. The minimum Gasteiger partial charge on any atom is -0.379 e. The molecule has 0 spiro atoms. The van der Waals surface area contributed by atoms with Crippen LogP contribution in [0.3, 0.4) is 0 Å². The average molecular weight is 380 g/mol. The van der Waals surface area contributed by atoms with Gasteiger partial charge in [-0.1, -0.05) is 18.2 Å². The average Bonchev–Trinajstić information content (AvgIpc) is 3.16. The first-order valence-electron chi connectivity index (χ1n) is 9.58. The molecule has 0 radical (unpaired) electrons. The number of para-hydroxylation sites is 2. The molecule has 3 heterocycles. The first kappa shape index (κ1) is 18.6. The molecule has 1 aliphatic rings. The van der Waals surface area contributed by atoms with E-state index in [0.29, 0.717) is 32.8 Å². The van der Waals surface area contributed by atoms with Crippen LogP contribution in [0, 0.1) is 0 Å². The Morgan fingerprint density at radius 2 is 2.11 bits per heavy atom. The molecule has 1 saturated heterocycles. The van der Waals surface area contributed by atoms with Crippen molar-refractivity contribution in [3.63, 3.8) is 0 Å². The summed E-state index contributed by atoms with van der Waals surface area (Å²) in [6.45, 7) is 2.12. The Morgan fingerprint density at radius 3 is 3.00 bits per heavy atom. The lowest BCUT2D eigenvalue weighted by Crippen LogP contribution is -2.50. The zero-order valence-electron chi connectivity index (χ0n) is 15.7. The Bertz CT molecular complexity index is 912. The molecule has 1 fully saturated rings. The number of pyridine rings is 1. The second-order valence-corrected chi connectivity index (χ2v) is 6.88. The number of hydrogen-bond donors (Lipinski definition) is 1. The highest BCUT2D eigenvalue weighted by Gasteiger charge is 2.28. The standard InChI is InChI=1S/C21H24N4O3/c26-21(8-11-25-15-23-17-6-1-2-7-19(17)25)24-18-14-27-12-9-20(18)28-13-16-5-3-4-10-22-16/h1-7,10,15,18,20H,8-9,11-14H2,(H,24,26). The number of nitrogens with zero attached hydrogens (tertiary/aromatic N) is 3. The summed E-state index contributed by atoms with van der Waals surface area (Å²) >= 11 is 0. The second-order valence-electron chi connectivity index (χ2n) is 6.88. The van der Waals surface area contributed by atoms with Crippen molar-refractivity contribution in [3.05, 3.63) is 60.7 Å². The van der Waals surface area contributed by atoms with Crippen LogP contribution in [0.1, 0.15) is 18.5 Å². The third-order valence-corrected chi connectivity index (χ3v) is 4.92. The summed E-state index contributed by atoms with van der Waals surface area (Å²) in [6, 6.07) is 13.5. The highest BCUT2D eigenvalue weighted by molar-refractivity contribution is 5.77. The summed E-state index contributed by atoms with van der Waals surface area (Å²) in [5.41, 5.74) is 2.85. The van der Waals surface area contributed by atoms with Gasteiger partial charge in [-0.3, -0.25) is 9.78 Å². The fourth-order valence-corrected chi connectivity index (χ4v) is 3.42. The van der Waals surface area contributed by atoms with Gasteiger partial charge in [-0.05, 0) is 30.7 Å². The Balaban J connectivity index is 1.30. The lowest BCUT2D eigenvalue weighted by molar-refractivity contribution is -0.126. The second kappa shape index (κ2) is 8.95. The van der Waals surface area contributed by atoms with Crippen molar-refractivity contribution in [2.45, 2.75) is 38.1 Å². The molecule has 1 N–H and O–H groups in total. The van der Waals surface area contributed by atoms with E-state index in [1.165, 1.54) is 0 Å². The molecule has 0 saturated carbocycles. The van der Waals surface area contributed by atoms with Crippen LogP contribution in [-0.2, 0) is 27.4 Å². The van der Waals surface area contributed by atoms with E-state index in [9.17, 15) is 4.79 Å². The molecule has 2 unspecified atom stereocenters. The molecule has 2 atom stereocenters. The largest absolute Gasteiger partial charge is 0.379 e. The lowest BCUT2D eigenvalue weighted by Gasteiger charge is -2.32. The summed E-state index contributed by atoms with van der Waals surface area (Å²) in [4.78, 5) is 21.1. The number of hydrogen-bond acceptors (Lipinski definition) is 5. The molecule has 4 rings (SSSR count). The summed E-state index contributed by atoms with van der Waals surface area (Å²) < 4.78 is 13.6. The van der Waals surface area contributed by atoms with Crippen LogP contribution in [0.25, 0.3) is 11.0 Å². The molecule has 1 aliphatic heterocycles. The topological polar surface area (TPSA) is 78.3 Å². The van der Waals surface area contributed by atoms with Gasteiger partial charge in [-0.2, -0.15) is 0 Å². The van der Waals surface area contributed by atoms with Crippen LogP contribution in [0.5, 0.6) is 0 Å². The quantitative estimate of drug-likeness (QED) is 0.681. The number of aromatic nitrogens is 3. The SMILES string of the molecule is O=C(CCn1cnc2ccccc21)NC1COCCC1OCc1ccccn1. The van der Waals surface area contributed by atoms with Crippen molar-refractivity contribution < 1.29 is 14.3 Å². The maximum atomic E-state index is 12.5. The van der Waals surface area contributed by atoms with Crippen LogP contribution < -0.4 is 5.32 Å². The highest BCUT2D eigenvalue weighted by atomic mass is 16.5. The van der Waals surface area contributed by atoms with Gasteiger partial charge in [0.15, 0.2) is 0 Å². The summed E-state index contributed by atoms with van der Waals surface area (Å²) in [5, 5.41) is 3.07. The third-order valence-electron chi connectivity index (χ3n) is 4.92. The smallest absolute Gasteiger partial charge is 0.222 e. The fourth-order valence-electron chi connectivity index (χ4n) is 3.42. The third kappa shape index (κ3) is 4.55. The molecule has 28 heavy (non-hydrogen) atoms. The number of aryl methyl sites for hydroxylation is 1. The van der Waals surface area contributed by atoms with E-state index in [2.05, 4.69) is 15.3 Å². The summed E-state index contributed by atoms with van der Waals surface area (Å²) in [7, 11) is 0.